The molecule has 0 aliphatic carbocycles. The van der Waals surface area contributed by atoms with Crippen molar-refractivity contribution in [2.24, 2.45) is 17.6 Å². The lowest BCUT2D eigenvalue weighted by Crippen LogP contribution is -2.57. The first-order valence-corrected chi connectivity index (χ1v) is 11.6. The van der Waals surface area contributed by atoms with Gasteiger partial charge in [-0.05, 0) is 63.5 Å². The fourth-order valence-electron chi connectivity index (χ4n) is 3.68. The van der Waals surface area contributed by atoms with Crippen LogP contribution in [0.1, 0.15) is 66.2 Å². The zero-order chi connectivity index (χ0) is 24.3. The van der Waals surface area contributed by atoms with Crippen LogP contribution in [0.4, 0.5) is 0 Å². The molecule has 1 fully saturated rings. The summed E-state index contributed by atoms with van der Waals surface area (Å²) in [5.74, 6) is -2.58. The van der Waals surface area contributed by atoms with Crippen molar-refractivity contribution in [3.8, 4) is 0 Å². The maximum absolute atomic E-state index is 13.1. The minimum absolute atomic E-state index is 0.0846. The van der Waals surface area contributed by atoms with Gasteiger partial charge in [-0.15, -0.1) is 0 Å². The van der Waals surface area contributed by atoms with E-state index in [0.717, 1.165) is 13.0 Å². The van der Waals surface area contributed by atoms with Gasteiger partial charge in [0.05, 0.1) is 6.04 Å². The number of hydrogen-bond acceptors (Lipinski definition) is 6. The average molecular weight is 456 g/mol. The summed E-state index contributed by atoms with van der Waals surface area (Å²) in [5, 5.41) is 20.6. The van der Waals surface area contributed by atoms with Crippen molar-refractivity contribution < 1.29 is 24.3 Å². The molecule has 7 N–H and O–H groups in total. The van der Waals surface area contributed by atoms with E-state index in [4.69, 9.17) is 5.73 Å². The van der Waals surface area contributed by atoms with Crippen LogP contribution in [0.3, 0.4) is 0 Å². The molecule has 0 aromatic rings. The average Bonchev–Trinajstić information content (AvgIpc) is 3.24. The number of carbonyl (C=O) groups excluding carboxylic acids is 3. The topological polar surface area (TPSA) is 163 Å². The summed E-state index contributed by atoms with van der Waals surface area (Å²) in [6.45, 7) is 8.48. The zero-order valence-corrected chi connectivity index (χ0v) is 19.8. The quantitative estimate of drug-likeness (QED) is 0.202. The molecule has 1 heterocycles. The number of rotatable bonds is 14. The third kappa shape index (κ3) is 9.52. The molecule has 0 spiro atoms. The maximum atomic E-state index is 13.1. The number of amides is 3. The third-order valence-corrected chi connectivity index (χ3v) is 5.53. The second-order valence-electron chi connectivity index (χ2n) is 9.25. The molecule has 10 heteroatoms. The molecule has 4 atom stereocenters. The van der Waals surface area contributed by atoms with Gasteiger partial charge >= 0.3 is 5.97 Å². The van der Waals surface area contributed by atoms with Crippen LogP contribution in [0.5, 0.6) is 0 Å². The fourth-order valence-corrected chi connectivity index (χ4v) is 3.68. The van der Waals surface area contributed by atoms with Crippen molar-refractivity contribution >= 4 is 23.7 Å². The van der Waals surface area contributed by atoms with E-state index in [9.17, 15) is 24.3 Å². The van der Waals surface area contributed by atoms with E-state index in [1.807, 2.05) is 13.8 Å². The SMILES string of the molecule is CC(C)CC(NC(=O)C(CCCCN)NC(=O)C1CCCN1)C(=O)NC(C(=O)O)C(C)C. The molecule has 1 saturated heterocycles. The van der Waals surface area contributed by atoms with E-state index in [2.05, 4.69) is 21.3 Å². The standard InChI is InChI=1S/C22H41N5O5/c1-13(2)12-17(21(30)27-18(14(3)4)22(31)32)26-20(29)16(8-5-6-10-23)25-19(28)15-9-7-11-24-15/h13-18,24H,5-12,23H2,1-4H3,(H,25,28)(H,26,29)(H,27,30)(H,31,32). The van der Waals surface area contributed by atoms with Crippen LogP contribution in [0.2, 0.25) is 0 Å². The molecule has 0 aromatic carbocycles. The van der Waals surface area contributed by atoms with E-state index in [0.29, 0.717) is 38.6 Å². The molecule has 1 rings (SSSR count). The molecule has 0 bridgehead atoms. The highest BCUT2D eigenvalue weighted by Gasteiger charge is 2.32. The van der Waals surface area contributed by atoms with E-state index < -0.39 is 35.9 Å². The monoisotopic (exact) mass is 455 g/mol. The molecule has 184 valence electrons. The van der Waals surface area contributed by atoms with Crippen molar-refractivity contribution in [1.29, 1.82) is 0 Å². The highest BCUT2D eigenvalue weighted by molar-refractivity contribution is 5.94. The lowest BCUT2D eigenvalue weighted by atomic mass is 9.99. The van der Waals surface area contributed by atoms with Crippen molar-refractivity contribution in [2.45, 2.75) is 90.4 Å². The van der Waals surface area contributed by atoms with Crippen molar-refractivity contribution in [1.82, 2.24) is 21.3 Å². The van der Waals surface area contributed by atoms with Crippen LogP contribution in [0.15, 0.2) is 0 Å². The second-order valence-corrected chi connectivity index (χ2v) is 9.25. The summed E-state index contributed by atoms with van der Waals surface area (Å²) in [5.41, 5.74) is 5.56. The minimum Gasteiger partial charge on any atom is -0.480 e. The molecular formula is C22H41N5O5. The Morgan fingerprint density at radius 2 is 1.66 bits per heavy atom. The molecule has 4 unspecified atom stereocenters. The van der Waals surface area contributed by atoms with Crippen LogP contribution in [-0.2, 0) is 19.2 Å². The zero-order valence-electron chi connectivity index (χ0n) is 19.8. The van der Waals surface area contributed by atoms with Crippen molar-refractivity contribution in [3.63, 3.8) is 0 Å². The number of carboxylic acid groups (broad SMARTS) is 1. The Labute approximate surface area is 190 Å². The van der Waals surface area contributed by atoms with Gasteiger partial charge in [0.25, 0.3) is 0 Å². The van der Waals surface area contributed by atoms with Gasteiger partial charge in [-0.2, -0.15) is 0 Å². The van der Waals surface area contributed by atoms with Crippen LogP contribution in [-0.4, -0.2) is 66.1 Å². The first-order chi connectivity index (χ1) is 15.1. The predicted molar refractivity (Wildman–Crippen MR) is 122 cm³/mol. The fraction of sp³-hybridized carbons (Fsp3) is 0.818. The molecule has 0 radical (unpaired) electrons. The summed E-state index contributed by atoms with van der Waals surface area (Å²) >= 11 is 0. The van der Waals surface area contributed by atoms with Gasteiger partial charge in [-0.1, -0.05) is 27.7 Å². The Morgan fingerprint density at radius 3 is 2.16 bits per heavy atom. The van der Waals surface area contributed by atoms with Gasteiger partial charge in [0.15, 0.2) is 0 Å². The summed E-state index contributed by atoms with van der Waals surface area (Å²) in [7, 11) is 0. The highest BCUT2D eigenvalue weighted by Crippen LogP contribution is 2.11. The molecule has 10 nitrogen and oxygen atoms in total. The van der Waals surface area contributed by atoms with E-state index in [1.165, 1.54) is 0 Å². The number of nitrogens with two attached hydrogens (primary N) is 1. The molecule has 0 aromatic heterocycles. The number of unbranched alkanes of at least 4 members (excludes halogenated alkanes) is 1. The summed E-state index contributed by atoms with van der Waals surface area (Å²) in [6, 6.07) is -3.07. The van der Waals surface area contributed by atoms with E-state index >= 15 is 0 Å². The summed E-state index contributed by atoms with van der Waals surface area (Å²) in [6.07, 6.45) is 3.73. The first kappa shape index (κ1) is 27.8. The Hall–Kier alpha value is -2.20. The number of aliphatic carboxylic acids is 1. The smallest absolute Gasteiger partial charge is 0.326 e. The number of carbonyl (C=O) groups is 4. The summed E-state index contributed by atoms with van der Waals surface area (Å²) in [4.78, 5) is 50.0. The van der Waals surface area contributed by atoms with Crippen LogP contribution in [0.25, 0.3) is 0 Å². The molecule has 32 heavy (non-hydrogen) atoms. The van der Waals surface area contributed by atoms with Gasteiger partial charge < -0.3 is 32.1 Å². The Bertz CT molecular complexity index is 634. The Morgan fingerprint density at radius 1 is 1.00 bits per heavy atom. The van der Waals surface area contributed by atoms with Crippen LogP contribution in [0, 0.1) is 11.8 Å². The van der Waals surface area contributed by atoms with Crippen LogP contribution >= 0.6 is 0 Å². The Balaban J connectivity index is 2.90. The molecule has 3 amide bonds. The molecule has 1 aliphatic heterocycles. The lowest BCUT2D eigenvalue weighted by Gasteiger charge is -2.27. The van der Waals surface area contributed by atoms with Gasteiger partial charge in [0.1, 0.15) is 18.1 Å². The minimum atomic E-state index is -1.13. The molecule has 1 aliphatic rings. The van der Waals surface area contributed by atoms with Crippen LogP contribution < -0.4 is 27.0 Å². The van der Waals surface area contributed by atoms with E-state index in [-0.39, 0.29) is 23.8 Å². The largest absolute Gasteiger partial charge is 0.480 e. The highest BCUT2D eigenvalue weighted by atomic mass is 16.4. The third-order valence-electron chi connectivity index (χ3n) is 5.53. The van der Waals surface area contributed by atoms with Gasteiger partial charge in [0, 0.05) is 0 Å². The molecule has 0 saturated carbocycles. The van der Waals surface area contributed by atoms with Gasteiger partial charge in [-0.3, -0.25) is 14.4 Å². The lowest BCUT2D eigenvalue weighted by molar-refractivity contribution is -0.143. The van der Waals surface area contributed by atoms with Crippen molar-refractivity contribution in [3.05, 3.63) is 0 Å². The second kappa shape index (κ2) is 14.1. The first-order valence-electron chi connectivity index (χ1n) is 11.6. The number of hydrogen-bond donors (Lipinski definition) is 6. The Kier molecular flexibility index (Phi) is 12.2. The maximum Gasteiger partial charge on any atom is 0.326 e. The van der Waals surface area contributed by atoms with Crippen molar-refractivity contribution in [2.75, 3.05) is 13.1 Å². The summed E-state index contributed by atoms with van der Waals surface area (Å²) < 4.78 is 0. The van der Waals surface area contributed by atoms with E-state index in [1.54, 1.807) is 13.8 Å². The predicted octanol–water partition coefficient (Wildman–Crippen LogP) is 0.109. The normalized spacial score (nSPS) is 18.8. The van der Waals surface area contributed by atoms with Gasteiger partial charge in [0.2, 0.25) is 17.7 Å². The number of nitrogens with one attached hydrogen (secondary N) is 4. The number of carboxylic acids is 1. The molecular weight excluding hydrogens is 414 g/mol. The van der Waals surface area contributed by atoms with Gasteiger partial charge in [-0.25, -0.2) is 4.79 Å².